The van der Waals surface area contributed by atoms with Crippen molar-refractivity contribution < 1.29 is 0 Å². The van der Waals surface area contributed by atoms with Crippen molar-refractivity contribution >= 4 is 34.4 Å². The van der Waals surface area contributed by atoms with Gasteiger partial charge in [0.15, 0.2) is 0 Å². The quantitative estimate of drug-likeness (QED) is 0.0421. The van der Waals surface area contributed by atoms with Crippen molar-refractivity contribution in [2.75, 3.05) is 49.3 Å². The average molecular weight is 1040 g/mol. The molecular formula is C64H136Cl2P2. The molecule has 0 aliphatic heterocycles. The zero-order valence-electron chi connectivity index (χ0n) is 49.2. The molecule has 0 unspecified atom stereocenters. The molecule has 0 aromatic carbocycles. The average Bonchev–Trinajstić information content (AvgIpc) is 3.34. The van der Waals surface area contributed by atoms with E-state index < -0.39 is 11.9 Å². The van der Waals surface area contributed by atoms with E-state index in [-0.39, 0.29) is 0 Å². The van der Waals surface area contributed by atoms with Crippen molar-refractivity contribution in [3.63, 3.8) is 0 Å². The summed E-state index contributed by atoms with van der Waals surface area (Å²) in [6.45, 7) is 18.6. The summed E-state index contributed by atoms with van der Waals surface area (Å²) < 4.78 is 0. The SMILES string of the molecule is CCCCCCCCCCCCCCP(Cl)(CCCCCC)(CCCCCC)CCCCCC.CCCCCCCCCCCCCCP(Cl)(CCCCCC)(CCCCCC)CCCCCC. The van der Waals surface area contributed by atoms with E-state index in [2.05, 4.69) is 55.4 Å². The molecule has 0 aromatic rings. The van der Waals surface area contributed by atoms with Gasteiger partial charge in [0.25, 0.3) is 0 Å². The van der Waals surface area contributed by atoms with Crippen molar-refractivity contribution in [2.24, 2.45) is 0 Å². The van der Waals surface area contributed by atoms with E-state index >= 15 is 0 Å². The Morgan fingerprint density at radius 2 is 0.235 bits per heavy atom. The zero-order chi connectivity index (χ0) is 50.5. The van der Waals surface area contributed by atoms with Gasteiger partial charge in [-0.3, -0.25) is 0 Å². The van der Waals surface area contributed by atoms with E-state index in [0.717, 1.165) is 0 Å². The molecule has 0 rings (SSSR count). The molecule has 0 saturated heterocycles. The van der Waals surface area contributed by atoms with Crippen LogP contribution in [-0.4, -0.2) is 49.3 Å². The van der Waals surface area contributed by atoms with E-state index in [1.807, 2.05) is 0 Å². The summed E-state index contributed by atoms with van der Waals surface area (Å²) in [4.78, 5) is 0. The predicted octanol–water partition coefficient (Wildman–Crippen LogP) is 26.3. The fourth-order valence-corrected chi connectivity index (χ4v) is 25.3. The van der Waals surface area contributed by atoms with Crippen molar-refractivity contribution in [3.8, 4) is 0 Å². The van der Waals surface area contributed by atoms with Gasteiger partial charge in [0.05, 0.1) is 0 Å². The summed E-state index contributed by atoms with van der Waals surface area (Å²) in [5.74, 6) is -4.13. The molecule has 0 amide bonds. The first-order valence-electron chi connectivity index (χ1n) is 32.5. The predicted molar refractivity (Wildman–Crippen MR) is 331 cm³/mol. The zero-order valence-corrected chi connectivity index (χ0v) is 52.5. The Morgan fingerprint density at radius 3 is 0.353 bits per heavy atom. The minimum atomic E-state index is -2.07. The Bertz CT molecular complexity index is 824. The second kappa shape index (κ2) is 51.9. The molecule has 0 N–H and O–H groups in total. The van der Waals surface area contributed by atoms with Gasteiger partial charge in [0.1, 0.15) is 0 Å². The van der Waals surface area contributed by atoms with Crippen molar-refractivity contribution in [3.05, 3.63) is 0 Å². The molecule has 4 heteroatoms. The van der Waals surface area contributed by atoms with Crippen LogP contribution in [0.1, 0.15) is 364 Å². The van der Waals surface area contributed by atoms with E-state index in [1.54, 1.807) is 0 Å². The van der Waals surface area contributed by atoms with Gasteiger partial charge in [0.2, 0.25) is 0 Å². The first kappa shape index (κ1) is 71.5. The Hall–Kier alpha value is 1.44. The Labute approximate surface area is 444 Å². The van der Waals surface area contributed by atoms with Crippen LogP contribution in [-0.2, 0) is 0 Å². The molecular weight excluding hydrogens is 902 g/mol. The Kier molecular flexibility index (Phi) is 54.6. The van der Waals surface area contributed by atoms with Gasteiger partial charge in [-0.25, -0.2) is 0 Å². The Morgan fingerprint density at radius 1 is 0.147 bits per heavy atom. The van der Waals surface area contributed by atoms with Crippen LogP contribution in [0, 0.1) is 0 Å². The second-order valence-corrected chi connectivity index (χ2v) is 40.2. The molecule has 0 aliphatic carbocycles. The van der Waals surface area contributed by atoms with Crippen molar-refractivity contribution in [1.82, 2.24) is 0 Å². The first-order chi connectivity index (χ1) is 33.1. The molecule has 0 radical (unpaired) electrons. The summed E-state index contributed by atoms with van der Waals surface area (Å²) in [6.07, 6.45) is 79.0. The molecule has 0 aliphatic rings. The van der Waals surface area contributed by atoms with Gasteiger partial charge in [-0.2, -0.15) is 0 Å². The second-order valence-electron chi connectivity index (χ2n) is 23.6. The van der Waals surface area contributed by atoms with E-state index in [0.29, 0.717) is 0 Å². The van der Waals surface area contributed by atoms with Gasteiger partial charge < -0.3 is 0 Å². The normalized spacial score (nSPS) is 13.3. The topological polar surface area (TPSA) is 0 Å². The van der Waals surface area contributed by atoms with E-state index in [9.17, 15) is 0 Å². The summed E-state index contributed by atoms with van der Waals surface area (Å²) >= 11 is 16.0. The summed E-state index contributed by atoms with van der Waals surface area (Å²) in [5.41, 5.74) is 0. The molecule has 0 atom stereocenters. The first-order valence-corrected chi connectivity index (χ1v) is 40.3. The molecule has 0 aromatic heterocycles. The summed E-state index contributed by atoms with van der Waals surface area (Å²) in [6, 6.07) is 0. The molecule has 68 heavy (non-hydrogen) atoms. The number of rotatable bonds is 56. The maximum atomic E-state index is 8.00. The van der Waals surface area contributed by atoms with E-state index in [4.69, 9.17) is 22.5 Å². The van der Waals surface area contributed by atoms with Crippen LogP contribution < -0.4 is 0 Å². The van der Waals surface area contributed by atoms with Crippen LogP contribution in [0.25, 0.3) is 0 Å². The fraction of sp³-hybridized carbons (Fsp3) is 1.00. The van der Waals surface area contributed by atoms with Crippen LogP contribution >= 0.6 is 34.4 Å². The molecule has 0 heterocycles. The maximum absolute atomic E-state index is 8.00. The third-order valence-corrected chi connectivity index (χ3v) is 32.1. The fourth-order valence-electron chi connectivity index (χ4n) is 11.6. The third-order valence-electron chi connectivity index (χ3n) is 16.6. The third kappa shape index (κ3) is 44.9. The standard InChI is InChI=1S/2C32H68ClP/c2*1-5-9-13-17-18-19-20-21-22-23-24-28-32-34(33,29-25-14-10-6-2,30-26-15-11-7-3)31-27-16-12-8-4/h2*5-32H2,1-4H3. The molecule has 0 bridgehead atoms. The molecule has 416 valence electrons. The Balaban J connectivity index is 0. The van der Waals surface area contributed by atoms with Crippen LogP contribution in [0.4, 0.5) is 0 Å². The number of halogens is 2. The number of hydrogen-bond acceptors (Lipinski definition) is 0. The number of hydrogen-bond donors (Lipinski definition) is 0. The molecule has 0 nitrogen and oxygen atoms in total. The van der Waals surface area contributed by atoms with Gasteiger partial charge in [-0.1, -0.05) is 26.7 Å². The van der Waals surface area contributed by atoms with Gasteiger partial charge >= 0.3 is 421 Å². The number of unbranched alkanes of at least 4 members (excludes halogenated alkanes) is 40. The molecule has 0 spiro atoms. The van der Waals surface area contributed by atoms with Crippen LogP contribution in [0.2, 0.25) is 0 Å². The van der Waals surface area contributed by atoms with Crippen LogP contribution in [0.3, 0.4) is 0 Å². The minimum absolute atomic E-state index is 1.34. The molecule has 0 fully saturated rings. The van der Waals surface area contributed by atoms with Crippen molar-refractivity contribution in [2.45, 2.75) is 364 Å². The van der Waals surface area contributed by atoms with Crippen molar-refractivity contribution in [1.29, 1.82) is 0 Å². The van der Waals surface area contributed by atoms with Gasteiger partial charge in [0, 0.05) is 0 Å². The monoisotopic (exact) mass is 1040 g/mol. The van der Waals surface area contributed by atoms with Crippen LogP contribution in [0.5, 0.6) is 0 Å². The van der Waals surface area contributed by atoms with Gasteiger partial charge in [-0.05, 0) is 0 Å². The van der Waals surface area contributed by atoms with Gasteiger partial charge in [-0.15, -0.1) is 0 Å². The molecule has 0 saturated carbocycles. The summed E-state index contributed by atoms with van der Waals surface area (Å²) in [5, 5.41) is 0. The summed E-state index contributed by atoms with van der Waals surface area (Å²) in [7, 11) is 0. The van der Waals surface area contributed by atoms with E-state index in [1.165, 1.54) is 357 Å². The van der Waals surface area contributed by atoms with Crippen LogP contribution in [0.15, 0.2) is 0 Å².